The van der Waals surface area contributed by atoms with Gasteiger partial charge in [-0.3, -0.25) is 0 Å². The Hall–Kier alpha value is -0.810. The highest BCUT2D eigenvalue weighted by atomic mass is 16.5. The number of nitrogens with zero attached hydrogens (tertiary/aromatic N) is 1. The summed E-state index contributed by atoms with van der Waals surface area (Å²) in [4.78, 5) is 12.6. The maximum atomic E-state index is 11.1. The van der Waals surface area contributed by atoms with Crippen LogP contribution in [-0.2, 0) is 4.74 Å². The predicted molar refractivity (Wildman–Crippen MR) is 61.1 cm³/mol. The van der Waals surface area contributed by atoms with Gasteiger partial charge in [-0.15, -0.1) is 0 Å². The van der Waals surface area contributed by atoms with E-state index in [0.717, 1.165) is 32.7 Å². The molecule has 15 heavy (non-hydrogen) atoms. The number of ether oxygens (including phenoxy) is 1. The third-order valence-electron chi connectivity index (χ3n) is 1.83. The van der Waals surface area contributed by atoms with Gasteiger partial charge in [0.05, 0.1) is 0 Å². The van der Waals surface area contributed by atoms with Crippen LogP contribution >= 0.6 is 0 Å². The molecular weight excluding hydrogens is 194 g/mol. The molecule has 0 aliphatic carbocycles. The summed E-state index contributed by atoms with van der Waals surface area (Å²) < 4.78 is 5.19. The topological polar surface area (TPSA) is 53.6 Å². The minimum Gasteiger partial charge on any atom is -0.382 e. The Balaban J connectivity index is 3.08. The van der Waals surface area contributed by atoms with Gasteiger partial charge in [-0.2, -0.15) is 0 Å². The molecule has 0 saturated heterocycles. The zero-order valence-corrected chi connectivity index (χ0v) is 10.0. The number of carbonyl (C=O) groups is 1. The molecule has 2 N–H and O–H groups in total. The van der Waals surface area contributed by atoms with Crippen molar-refractivity contribution in [1.82, 2.24) is 15.5 Å². The zero-order valence-electron chi connectivity index (χ0n) is 10.0. The maximum Gasteiger partial charge on any atom is 0.316 e. The Morgan fingerprint density at radius 1 is 1.27 bits per heavy atom. The van der Waals surface area contributed by atoms with Gasteiger partial charge in [0.1, 0.15) is 0 Å². The summed E-state index contributed by atoms with van der Waals surface area (Å²) in [7, 11) is 3.45. The zero-order chi connectivity index (χ0) is 11.5. The summed E-state index contributed by atoms with van der Waals surface area (Å²) in [6.07, 6.45) is 1.01. The normalized spacial score (nSPS) is 10.1. The van der Waals surface area contributed by atoms with Crippen molar-refractivity contribution < 1.29 is 9.53 Å². The van der Waals surface area contributed by atoms with Gasteiger partial charge in [-0.25, -0.2) is 4.79 Å². The third kappa shape index (κ3) is 9.49. The molecule has 0 fully saturated rings. The van der Waals surface area contributed by atoms with Gasteiger partial charge in [0.2, 0.25) is 0 Å². The van der Waals surface area contributed by atoms with Crippen molar-refractivity contribution in [1.29, 1.82) is 0 Å². The molecule has 0 bridgehead atoms. The molecule has 0 spiro atoms. The molecule has 0 aromatic rings. The lowest BCUT2D eigenvalue weighted by atomic mass is 10.4. The molecule has 5 heteroatoms. The largest absolute Gasteiger partial charge is 0.382 e. The minimum atomic E-state index is -0.0499. The van der Waals surface area contributed by atoms with E-state index in [-0.39, 0.29) is 6.03 Å². The van der Waals surface area contributed by atoms with E-state index in [1.54, 1.807) is 14.1 Å². The highest BCUT2D eigenvalue weighted by Crippen LogP contribution is 1.79. The van der Waals surface area contributed by atoms with Crippen LogP contribution in [0.25, 0.3) is 0 Å². The van der Waals surface area contributed by atoms with Crippen LogP contribution in [0.3, 0.4) is 0 Å². The average molecular weight is 217 g/mol. The summed E-state index contributed by atoms with van der Waals surface area (Å²) in [6, 6.07) is -0.0499. The molecule has 0 heterocycles. The van der Waals surface area contributed by atoms with Crippen LogP contribution in [0.15, 0.2) is 0 Å². The fraction of sp³-hybridized carbons (Fsp3) is 0.900. The first-order chi connectivity index (χ1) is 7.18. The lowest BCUT2D eigenvalue weighted by Crippen LogP contribution is -2.38. The average Bonchev–Trinajstić information content (AvgIpc) is 2.21. The van der Waals surface area contributed by atoms with E-state index in [1.807, 2.05) is 6.92 Å². The molecule has 0 aromatic carbocycles. The number of hydrogen-bond donors (Lipinski definition) is 2. The summed E-state index contributed by atoms with van der Waals surface area (Å²) in [5.41, 5.74) is 0. The second-order valence-corrected chi connectivity index (χ2v) is 3.43. The summed E-state index contributed by atoms with van der Waals surface area (Å²) >= 11 is 0. The van der Waals surface area contributed by atoms with Crippen molar-refractivity contribution in [2.45, 2.75) is 13.3 Å². The van der Waals surface area contributed by atoms with Gasteiger partial charge in [-0.05, 0) is 19.9 Å². The van der Waals surface area contributed by atoms with E-state index in [2.05, 4.69) is 10.6 Å². The van der Waals surface area contributed by atoms with Gasteiger partial charge >= 0.3 is 6.03 Å². The third-order valence-corrected chi connectivity index (χ3v) is 1.83. The molecule has 5 nitrogen and oxygen atoms in total. The summed E-state index contributed by atoms with van der Waals surface area (Å²) in [5.74, 6) is 0. The van der Waals surface area contributed by atoms with Gasteiger partial charge in [-0.1, -0.05) is 0 Å². The standard InChI is InChI=1S/C10H23N3O2/c1-4-15-9-5-6-11-7-8-12-10(14)13(2)3/h11H,4-9H2,1-3H3,(H,12,14). The second-order valence-electron chi connectivity index (χ2n) is 3.43. The molecule has 0 aliphatic rings. The Labute approximate surface area is 92.2 Å². The SMILES string of the molecule is CCOCCCNCCNC(=O)N(C)C. The summed E-state index contributed by atoms with van der Waals surface area (Å²) in [6.45, 7) is 5.95. The van der Waals surface area contributed by atoms with Gasteiger partial charge in [0, 0.05) is 40.4 Å². The van der Waals surface area contributed by atoms with E-state index in [1.165, 1.54) is 4.90 Å². The molecule has 0 rings (SSSR count). The van der Waals surface area contributed by atoms with Crippen molar-refractivity contribution in [2.24, 2.45) is 0 Å². The van der Waals surface area contributed by atoms with Gasteiger partial charge < -0.3 is 20.3 Å². The fourth-order valence-corrected chi connectivity index (χ4v) is 0.985. The first-order valence-corrected chi connectivity index (χ1v) is 5.42. The molecule has 0 radical (unpaired) electrons. The molecule has 0 aliphatic heterocycles. The van der Waals surface area contributed by atoms with Crippen molar-refractivity contribution >= 4 is 6.03 Å². The molecule has 2 amide bonds. The Morgan fingerprint density at radius 2 is 2.00 bits per heavy atom. The van der Waals surface area contributed by atoms with Crippen LogP contribution < -0.4 is 10.6 Å². The number of carbonyl (C=O) groups excluding carboxylic acids is 1. The highest BCUT2D eigenvalue weighted by Gasteiger charge is 1.99. The van der Waals surface area contributed by atoms with Crippen LogP contribution in [-0.4, -0.2) is 57.9 Å². The fourth-order valence-electron chi connectivity index (χ4n) is 0.985. The van der Waals surface area contributed by atoms with Crippen LogP contribution in [0, 0.1) is 0 Å². The van der Waals surface area contributed by atoms with Gasteiger partial charge in [0.25, 0.3) is 0 Å². The molecule has 0 atom stereocenters. The quantitative estimate of drug-likeness (QED) is 0.574. The minimum absolute atomic E-state index is 0.0499. The lowest BCUT2D eigenvalue weighted by molar-refractivity contribution is 0.145. The van der Waals surface area contributed by atoms with Crippen molar-refractivity contribution in [3.8, 4) is 0 Å². The van der Waals surface area contributed by atoms with E-state index in [9.17, 15) is 4.79 Å². The number of rotatable bonds is 8. The van der Waals surface area contributed by atoms with Crippen molar-refractivity contribution in [2.75, 3.05) is 46.9 Å². The number of urea groups is 1. The highest BCUT2D eigenvalue weighted by molar-refractivity contribution is 5.73. The molecule has 0 aromatic heterocycles. The van der Waals surface area contributed by atoms with Crippen LogP contribution in [0.4, 0.5) is 4.79 Å². The van der Waals surface area contributed by atoms with Crippen LogP contribution in [0.5, 0.6) is 0 Å². The maximum absolute atomic E-state index is 11.1. The molecule has 0 unspecified atom stereocenters. The Kier molecular flexibility index (Phi) is 9.21. The van der Waals surface area contributed by atoms with Crippen LogP contribution in [0.1, 0.15) is 13.3 Å². The van der Waals surface area contributed by atoms with Crippen molar-refractivity contribution in [3.05, 3.63) is 0 Å². The van der Waals surface area contributed by atoms with Crippen molar-refractivity contribution in [3.63, 3.8) is 0 Å². The monoisotopic (exact) mass is 217 g/mol. The predicted octanol–water partition coefficient (Wildman–Crippen LogP) is 0.274. The smallest absolute Gasteiger partial charge is 0.316 e. The van der Waals surface area contributed by atoms with E-state index in [0.29, 0.717) is 6.54 Å². The van der Waals surface area contributed by atoms with E-state index >= 15 is 0 Å². The summed E-state index contributed by atoms with van der Waals surface area (Å²) in [5, 5.41) is 6.00. The molecule has 0 saturated carbocycles. The van der Waals surface area contributed by atoms with Crippen LogP contribution in [0.2, 0.25) is 0 Å². The number of nitrogens with one attached hydrogen (secondary N) is 2. The number of hydrogen-bond acceptors (Lipinski definition) is 3. The van der Waals surface area contributed by atoms with E-state index in [4.69, 9.17) is 4.74 Å². The molecular formula is C10H23N3O2. The van der Waals surface area contributed by atoms with E-state index < -0.39 is 0 Å². The molecule has 90 valence electrons. The second kappa shape index (κ2) is 9.73. The number of amides is 2. The Morgan fingerprint density at radius 3 is 2.60 bits per heavy atom. The van der Waals surface area contributed by atoms with Gasteiger partial charge in [0.15, 0.2) is 0 Å². The first-order valence-electron chi connectivity index (χ1n) is 5.42. The Bertz CT molecular complexity index is 163. The lowest BCUT2D eigenvalue weighted by Gasteiger charge is -2.12. The first kappa shape index (κ1) is 14.2.